The molecule has 1 saturated heterocycles. The van der Waals surface area contributed by atoms with E-state index >= 15 is 0 Å². The topological polar surface area (TPSA) is 69.6 Å². The van der Waals surface area contributed by atoms with Gasteiger partial charge in [0.25, 0.3) is 0 Å². The maximum absolute atomic E-state index is 13.0. The zero-order chi connectivity index (χ0) is 20.2. The first-order chi connectivity index (χ1) is 12.6. The zero-order valence-corrected chi connectivity index (χ0v) is 15.4. The second-order valence-electron chi connectivity index (χ2n) is 7.28. The van der Waals surface area contributed by atoms with Crippen molar-refractivity contribution in [3.63, 3.8) is 0 Å². The van der Waals surface area contributed by atoms with Crippen LogP contribution < -0.4 is 5.32 Å². The van der Waals surface area contributed by atoms with E-state index in [1.54, 1.807) is 0 Å². The fraction of sp³-hybridized carbons (Fsp3) is 0.579. The average molecular weight is 386 g/mol. The van der Waals surface area contributed by atoms with Gasteiger partial charge in [-0.2, -0.15) is 13.2 Å². The Kier molecular flexibility index (Phi) is 6.86. The Hall–Kier alpha value is -2.09. The monoisotopic (exact) mass is 386 g/mol. The molecule has 2 rings (SSSR count). The lowest BCUT2D eigenvalue weighted by Gasteiger charge is -2.18. The number of hydrogen-bond acceptors (Lipinski definition) is 3. The largest absolute Gasteiger partial charge is 0.481 e. The molecule has 1 heterocycles. The number of carboxylic acids is 1. The molecule has 2 atom stereocenters. The van der Waals surface area contributed by atoms with Crippen molar-refractivity contribution >= 4 is 11.9 Å². The Morgan fingerprint density at radius 1 is 1.22 bits per heavy atom. The van der Waals surface area contributed by atoms with Crippen molar-refractivity contribution in [2.75, 3.05) is 26.2 Å². The molecule has 0 bridgehead atoms. The summed E-state index contributed by atoms with van der Waals surface area (Å²) in [5, 5.41) is 11.7. The van der Waals surface area contributed by atoms with Crippen molar-refractivity contribution in [2.45, 2.75) is 32.4 Å². The van der Waals surface area contributed by atoms with Gasteiger partial charge in [0.2, 0.25) is 5.91 Å². The van der Waals surface area contributed by atoms with Gasteiger partial charge in [0, 0.05) is 19.6 Å². The Bertz CT molecular complexity index is 659. The molecular formula is C19H25F3N2O3. The molecule has 0 radical (unpaired) electrons. The Balaban J connectivity index is 1.79. The molecule has 0 unspecified atom stereocenters. The standard InChI is InChI=1S/C19H25F3N2O3/c1-12(2)14-5-3-13(4-6-14)7-8-23-17(25)11-24-9-15(18(26)27)16(10-24)19(20,21)22/h3-6,12,15-16H,7-11H2,1-2H3,(H,23,25)(H,26,27)/t15-,16-/m1/s1. The molecule has 1 fully saturated rings. The van der Waals surface area contributed by atoms with Gasteiger partial charge in [-0.05, 0) is 23.5 Å². The summed E-state index contributed by atoms with van der Waals surface area (Å²) >= 11 is 0. The van der Waals surface area contributed by atoms with E-state index in [1.165, 1.54) is 10.5 Å². The maximum Gasteiger partial charge on any atom is 0.393 e. The van der Waals surface area contributed by atoms with Gasteiger partial charge >= 0.3 is 12.1 Å². The van der Waals surface area contributed by atoms with Crippen LogP contribution in [0.4, 0.5) is 13.2 Å². The van der Waals surface area contributed by atoms with Crippen LogP contribution in [0.3, 0.4) is 0 Å². The molecule has 8 heteroatoms. The number of aliphatic carboxylic acids is 1. The molecule has 1 aromatic carbocycles. The van der Waals surface area contributed by atoms with E-state index < -0.39 is 36.4 Å². The molecule has 0 spiro atoms. The number of nitrogens with zero attached hydrogens (tertiary/aromatic N) is 1. The molecule has 0 saturated carbocycles. The summed E-state index contributed by atoms with van der Waals surface area (Å²) in [6, 6.07) is 8.06. The Morgan fingerprint density at radius 2 is 1.85 bits per heavy atom. The average Bonchev–Trinajstić information content (AvgIpc) is 2.99. The SMILES string of the molecule is CC(C)c1ccc(CCNC(=O)CN2C[C@@H](C(F)(F)F)[C@H](C(=O)O)C2)cc1. The van der Waals surface area contributed by atoms with Gasteiger partial charge in [-0.3, -0.25) is 14.5 Å². The molecule has 5 nitrogen and oxygen atoms in total. The van der Waals surface area contributed by atoms with Crippen molar-refractivity contribution < 1.29 is 27.9 Å². The van der Waals surface area contributed by atoms with Crippen molar-refractivity contribution in [1.29, 1.82) is 0 Å². The van der Waals surface area contributed by atoms with Gasteiger partial charge in [0.1, 0.15) is 0 Å². The maximum atomic E-state index is 13.0. The molecule has 0 aromatic heterocycles. The lowest BCUT2D eigenvalue weighted by Crippen LogP contribution is -2.37. The number of halogens is 3. The summed E-state index contributed by atoms with van der Waals surface area (Å²) in [6.45, 7) is 3.60. The zero-order valence-electron chi connectivity index (χ0n) is 15.4. The minimum atomic E-state index is -4.59. The number of carbonyl (C=O) groups is 2. The fourth-order valence-electron chi connectivity index (χ4n) is 3.27. The van der Waals surface area contributed by atoms with Gasteiger partial charge in [-0.1, -0.05) is 38.1 Å². The minimum Gasteiger partial charge on any atom is -0.481 e. The third kappa shape index (κ3) is 5.95. The van der Waals surface area contributed by atoms with Gasteiger partial charge in [-0.15, -0.1) is 0 Å². The van der Waals surface area contributed by atoms with Gasteiger partial charge in [-0.25, -0.2) is 0 Å². The molecule has 1 amide bonds. The Labute approximate surface area is 156 Å². The molecule has 1 aromatic rings. The van der Waals surface area contributed by atoms with E-state index in [1.807, 2.05) is 24.3 Å². The second kappa shape index (κ2) is 8.73. The molecule has 1 aliphatic heterocycles. The summed E-state index contributed by atoms with van der Waals surface area (Å²) in [7, 11) is 0. The van der Waals surface area contributed by atoms with E-state index in [0.29, 0.717) is 18.9 Å². The first-order valence-electron chi connectivity index (χ1n) is 8.95. The van der Waals surface area contributed by atoms with Crippen LogP contribution in [-0.2, 0) is 16.0 Å². The molecule has 2 N–H and O–H groups in total. The number of carboxylic acid groups (broad SMARTS) is 1. The number of hydrogen-bond donors (Lipinski definition) is 2. The number of amides is 1. The van der Waals surface area contributed by atoms with Crippen LogP contribution in [0, 0.1) is 11.8 Å². The van der Waals surface area contributed by atoms with Crippen LogP contribution in [-0.4, -0.2) is 54.2 Å². The van der Waals surface area contributed by atoms with Crippen LogP contribution in [0.1, 0.15) is 30.9 Å². The number of rotatable bonds is 7. The molecule has 150 valence electrons. The number of likely N-dealkylation sites (tertiary alicyclic amines) is 1. The summed E-state index contributed by atoms with van der Waals surface area (Å²) in [5.74, 6) is -4.92. The molecule has 1 aliphatic rings. The summed E-state index contributed by atoms with van der Waals surface area (Å²) < 4.78 is 38.9. The van der Waals surface area contributed by atoms with Crippen LogP contribution >= 0.6 is 0 Å². The van der Waals surface area contributed by atoms with Gasteiger partial charge in [0.05, 0.1) is 18.4 Å². The van der Waals surface area contributed by atoms with Crippen molar-refractivity contribution in [3.8, 4) is 0 Å². The highest BCUT2D eigenvalue weighted by Crippen LogP contribution is 2.37. The number of alkyl halides is 3. The molecule has 27 heavy (non-hydrogen) atoms. The van der Waals surface area contributed by atoms with Crippen LogP contribution in [0.25, 0.3) is 0 Å². The van der Waals surface area contributed by atoms with Crippen LogP contribution in [0.5, 0.6) is 0 Å². The first-order valence-corrected chi connectivity index (χ1v) is 8.95. The lowest BCUT2D eigenvalue weighted by molar-refractivity contribution is -0.188. The second-order valence-corrected chi connectivity index (χ2v) is 7.28. The normalized spacial score (nSPS) is 20.8. The molecule has 0 aliphatic carbocycles. The van der Waals surface area contributed by atoms with Crippen LogP contribution in [0.15, 0.2) is 24.3 Å². The predicted molar refractivity (Wildman–Crippen MR) is 94.4 cm³/mol. The number of nitrogens with one attached hydrogen (secondary N) is 1. The highest BCUT2D eigenvalue weighted by molar-refractivity contribution is 5.78. The summed E-state index contributed by atoms with van der Waals surface area (Å²) in [6.07, 6.45) is -3.97. The van der Waals surface area contributed by atoms with E-state index in [2.05, 4.69) is 19.2 Å². The minimum absolute atomic E-state index is 0.233. The summed E-state index contributed by atoms with van der Waals surface area (Å²) in [5.41, 5.74) is 2.29. The van der Waals surface area contributed by atoms with Gasteiger partial charge in [0.15, 0.2) is 0 Å². The smallest absolute Gasteiger partial charge is 0.393 e. The van der Waals surface area contributed by atoms with E-state index in [9.17, 15) is 22.8 Å². The van der Waals surface area contributed by atoms with E-state index in [4.69, 9.17) is 5.11 Å². The summed E-state index contributed by atoms with van der Waals surface area (Å²) in [4.78, 5) is 24.3. The molecular weight excluding hydrogens is 361 g/mol. The van der Waals surface area contributed by atoms with Crippen LogP contribution in [0.2, 0.25) is 0 Å². The fourth-order valence-corrected chi connectivity index (χ4v) is 3.27. The number of benzene rings is 1. The highest BCUT2D eigenvalue weighted by Gasteiger charge is 2.52. The number of carbonyl (C=O) groups excluding carboxylic acids is 1. The quantitative estimate of drug-likeness (QED) is 0.756. The third-order valence-corrected chi connectivity index (χ3v) is 4.88. The van der Waals surface area contributed by atoms with E-state index in [0.717, 1.165) is 5.56 Å². The van der Waals surface area contributed by atoms with Gasteiger partial charge < -0.3 is 10.4 Å². The van der Waals surface area contributed by atoms with Crippen molar-refractivity contribution in [1.82, 2.24) is 10.2 Å². The Morgan fingerprint density at radius 3 is 2.33 bits per heavy atom. The lowest BCUT2D eigenvalue weighted by atomic mass is 9.96. The van der Waals surface area contributed by atoms with Crippen molar-refractivity contribution in [2.24, 2.45) is 11.8 Å². The third-order valence-electron chi connectivity index (χ3n) is 4.88. The van der Waals surface area contributed by atoms with E-state index in [-0.39, 0.29) is 13.1 Å². The highest BCUT2D eigenvalue weighted by atomic mass is 19.4. The predicted octanol–water partition coefficient (Wildman–Crippen LogP) is 2.66. The van der Waals surface area contributed by atoms with Crippen molar-refractivity contribution in [3.05, 3.63) is 35.4 Å². The first kappa shape index (κ1) is 21.2.